The van der Waals surface area contributed by atoms with Gasteiger partial charge in [0.05, 0.1) is 0 Å². The summed E-state index contributed by atoms with van der Waals surface area (Å²) < 4.78 is 2.13. The van der Waals surface area contributed by atoms with E-state index in [-0.39, 0.29) is 11.9 Å². The van der Waals surface area contributed by atoms with Crippen molar-refractivity contribution >= 4 is 17.1 Å². The first-order valence-electron chi connectivity index (χ1n) is 8.86. The molecule has 25 heavy (non-hydrogen) atoms. The number of amides is 1. The molecule has 2 aromatic heterocycles. The highest BCUT2D eigenvalue weighted by molar-refractivity contribution is 5.95. The second-order valence-electron chi connectivity index (χ2n) is 6.30. The molecule has 1 atom stereocenters. The maximum atomic E-state index is 12.4. The molecule has 0 radical (unpaired) electrons. The molecule has 0 bridgehead atoms. The second-order valence-corrected chi connectivity index (χ2v) is 6.30. The minimum Gasteiger partial charge on any atom is -0.350 e. The molecule has 1 amide bonds. The molecule has 3 rings (SSSR count). The van der Waals surface area contributed by atoms with E-state index in [1.54, 1.807) is 6.20 Å². The van der Waals surface area contributed by atoms with Crippen molar-refractivity contribution in [3.63, 3.8) is 0 Å². The Hall–Kier alpha value is -2.69. The van der Waals surface area contributed by atoms with Crippen LogP contribution in [-0.4, -0.2) is 26.5 Å². The maximum Gasteiger partial charge on any atom is 0.251 e. The number of benzene rings is 1. The zero-order valence-electron chi connectivity index (χ0n) is 15.0. The lowest BCUT2D eigenvalue weighted by Gasteiger charge is -2.12. The molecule has 5 heteroatoms. The molecular weight excluding hydrogens is 312 g/mol. The van der Waals surface area contributed by atoms with Crippen LogP contribution in [0.25, 0.3) is 22.6 Å². The van der Waals surface area contributed by atoms with Gasteiger partial charge in [-0.1, -0.05) is 26.0 Å². The molecule has 0 saturated heterocycles. The number of pyridine rings is 1. The quantitative estimate of drug-likeness (QED) is 0.739. The Bertz CT molecular complexity index is 884. The van der Waals surface area contributed by atoms with Crippen LogP contribution in [0.1, 0.15) is 44.0 Å². The molecule has 130 valence electrons. The summed E-state index contributed by atoms with van der Waals surface area (Å²) in [5, 5.41) is 3.01. The van der Waals surface area contributed by atoms with E-state index >= 15 is 0 Å². The average Bonchev–Trinajstić information content (AvgIpc) is 3.01. The largest absolute Gasteiger partial charge is 0.350 e. The summed E-state index contributed by atoms with van der Waals surface area (Å²) in [5.74, 6) is 0.807. The van der Waals surface area contributed by atoms with Gasteiger partial charge in [0.15, 0.2) is 5.65 Å². The molecule has 1 N–H and O–H groups in total. The van der Waals surface area contributed by atoms with Crippen molar-refractivity contribution in [3.8, 4) is 11.4 Å². The Morgan fingerprint density at radius 3 is 2.84 bits per heavy atom. The first kappa shape index (κ1) is 17.1. The Kier molecular flexibility index (Phi) is 5.12. The van der Waals surface area contributed by atoms with Crippen molar-refractivity contribution in [2.45, 2.75) is 46.2 Å². The predicted molar refractivity (Wildman–Crippen MR) is 100 cm³/mol. The lowest BCUT2D eigenvalue weighted by atomic mass is 10.1. The topological polar surface area (TPSA) is 59.8 Å². The Morgan fingerprint density at radius 1 is 1.24 bits per heavy atom. The van der Waals surface area contributed by atoms with Crippen LogP contribution in [0.5, 0.6) is 0 Å². The van der Waals surface area contributed by atoms with Crippen LogP contribution in [0.3, 0.4) is 0 Å². The zero-order valence-corrected chi connectivity index (χ0v) is 15.0. The van der Waals surface area contributed by atoms with Gasteiger partial charge in [-0.2, -0.15) is 0 Å². The van der Waals surface area contributed by atoms with E-state index in [1.807, 2.05) is 43.3 Å². The first-order valence-corrected chi connectivity index (χ1v) is 8.86. The standard InChI is InChI=1S/C20H24N4O/c1-4-12-24-18(23-17-10-7-11-21-19(17)24)15-8-6-9-16(13-15)20(25)22-14(3)5-2/h6-11,13-14H,4-5,12H2,1-3H3,(H,22,25)/t14-/m0/s1. The Labute approximate surface area is 148 Å². The normalized spacial score (nSPS) is 12.3. The third kappa shape index (κ3) is 3.55. The number of imidazole rings is 1. The molecule has 0 spiro atoms. The van der Waals surface area contributed by atoms with Crippen LogP contribution in [0.4, 0.5) is 0 Å². The molecule has 1 aromatic carbocycles. The number of carbonyl (C=O) groups is 1. The summed E-state index contributed by atoms with van der Waals surface area (Å²) in [5.41, 5.74) is 3.35. The third-order valence-corrected chi connectivity index (χ3v) is 4.32. The summed E-state index contributed by atoms with van der Waals surface area (Å²) in [4.78, 5) is 21.7. The first-order chi connectivity index (χ1) is 12.1. The molecule has 2 heterocycles. The van der Waals surface area contributed by atoms with E-state index in [2.05, 4.69) is 28.7 Å². The number of nitrogens with one attached hydrogen (secondary N) is 1. The van der Waals surface area contributed by atoms with Crippen molar-refractivity contribution in [2.75, 3.05) is 0 Å². The number of rotatable bonds is 6. The van der Waals surface area contributed by atoms with Crippen LogP contribution in [0.2, 0.25) is 0 Å². The summed E-state index contributed by atoms with van der Waals surface area (Å²) in [7, 11) is 0. The minimum absolute atomic E-state index is 0.0486. The predicted octanol–water partition coefficient (Wildman–Crippen LogP) is 4.04. The fourth-order valence-electron chi connectivity index (χ4n) is 2.82. The molecule has 0 aliphatic rings. The number of aromatic nitrogens is 3. The highest BCUT2D eigenvalue weighted by atomic mass is 16.1. The summed E-state index contributed by atoms with van der Waals surface area (Å²) in [6.07, 6.45) is 3.68. The van der Waals surface area contributed by atoms with Gasteiger partial charge >= 0.3 is 0 Å². The SMILES string of the molecule is CCCn1c(-c2cccc(C(=O)N[C@@H](C)CC)c2)nc2cccnc21. The van der Waals surface area contributed by atoms with Crippen LogP contribution in [0.15, 0.2) is 42.6 Å². The summed E-state index contributed by atoms with van der Waals surface area (Å²) in [6.45, 7) is 7.04. The van der Waals surface area contributed by atoms with Crippen LogP contribution < -0.4 is 5.32 Å². The lowest BCUT2D eigenvalue weighted by molar-refractivity contribution is 0.0939. The number of hydrogen-bond donors (Lipinski definition) is 1. The number of fused-ring (bicyclic) bond motifs is 1. The molecule has 0 aliphatic carbocycles. The van der Waals surface area contributed by atoms with E-state index in [1.165, 1.54) is 0 Å². The van der Waals surface area contributed by atoms with Gasteiger partial charge in [0, 0.05) is 29.9 Å². The van der Waals surface area contributed by atoms with Gasteiger partial charge in [0.2, 0.25) is 0 Å². The third-order valence-electron chi connectivity index (χ3n) is 4.32. The van der Waals surface area contributed by atoms with Crippen molar-refractivity contribution in [1.29, 1.82) is 0 Å². The van der Waals surface area contributed by atoms with Crippen molar-refractivity contribution < 1.29 is 4.79 Å². The molecule has 0 fully saturated rings. The van der Waals surface area contributed by atoms with Gasteiger partial charge in [-0.25, -0.2) is 9.97 Å². The maximum absolute atomic E-state index is 12.4. The van der Waals surface area contributed by atoms with Gasteiger partial charge in [-0.15, -0.1) is 0 Å². The van der Waals surface area contributed by atoms with Crippen LogP contribution in [-0.2, 0) is 6.54 Å². The van der Waals surface area contributed by atoms with Crippen molar-refractivity contribution in [3.05, 3.63) is 48.2 Å². The fraction of sp³-hybridized carbons (Fsp3) is 0.350. The number of carbonyl (C=O) groups excluding carboxylic acids is 1. The molecule has 3 aromatic rings. The van der Waals surface area contributed by atoms with E-state index in [0.717, 1.165) is 41.9 Å². The summed E-state index contributed by atoms with van der Waals surface area (Å²) >= 11 is 0. The van der Waals surface area contributed by atoms with Gasteiger partial charge in [-0.3, -0.25) is 4.79 Å². The highest BCUT2D eigenvalue weighted by Gasteiger charge is 2.15. The van der Waals surface area contributed by atoms with E-state index < -0.39 is 0 Å². The second kappa shape index (κ2) is 7.47. The molecule has 0 aliphatic heterocycles. The number of nitrogens with zero attached hydrogens (tertiary/aromatic N) is 3. The number of hydrogen-bond acceptors (Lipinski definition) is 3. The average molecular weight is 336 g/mol. The van der Waals surface area contributed by atoms with E-state index in [4.69, 9.17) is 4.98 Å². The van der Waals surface area contributed by atoms with Crippen LogP contribution >= 0.6 is 0 Å². The lowest BCUT2D eigenvalue weighted by Crippen LogP contribution is -2.31. The fourth-order valence-corrected chi connectivity index (χ4v) is 2.82. The van der Waals surface area contributed by atoms with E-state index in [9.17, 15) is 4.79 Å². The van der Waals surface area contributed by atoms with Gasteiger partial charge in [-0.05, 0) is 44.0 Å². The minimum atomic E-state index is -0.0486. The number of aryl methyl sites for hydroxylation is 1. The van der Waals surface area contributed by atoms with E-state index in [0.29, 0.717) is 5.56 Å². The highest BCUT2D eigenvalue weighted by Crippen LogP contribution is 2.24. The zero-order chi connectivity index (χ0) is 17.8. The Morgan fingerprint density at radius 2 is 2.08 bits per heavy atom. The summed E-state index contributed by atoms with van der Waals surface area (Å²) in [6, 6.07) is 11.7. The molecular formula is C20H24N4O. The smallest absolute Gasteiger partial charge is 0.251 e. The van der Waals surface area contributed by atoms with Gasteiger partial charge in [0.1, 0.15) is 11.3 Å². The van der Waals surface area contributed by atoms with Crippen molar-refractivity contribution in [1.82, 2.24) is 19.9 Å². The monoisotopic (exact) mass is 336 g/mol. The van der Waals surface area contributed by atoms with Crippen LogP contribution in [0, 0.1) is 0 Å². The molecule has 0 saturated carbocycles. The van der Waals surface area contributed by atoms with Gasteiger partial charge in [0.25, 0.3) is 5.91 Å². The van der Waals surface area contributed by atoms with Gasteiger partial charge < -0.3 is 9.88 Å². The Balaban J connectivity index is 2.02. The van der Waals surface area contributed by atoms with Crippen molar-refractivity contribution in [2.24, 2.45) is 0 Å². The molecule has 5 nitrogen and oxygen atoms in total. The molecule has 0 unspecified atom stereocenters.